The van der Waals surface area contributed by atoms with Gasteiger partial charge >= 0.3 is 5.97 Å². The van der Waals surface area contributed by atoms with Crippen molar-refractivity contribution in [2.75, 3.05) is 25.5 Å². The van der Waals surface area contributed by atoms with Crippen molar-refractivity contribution < 1.29 is 14.3 Å². The normalized spacial score (nSPS) is 21.7. The average Bonchev–Trinajstić information content (AvgIpc) is 2.49. The van der Waals surface area contributed by atoms with E-state index in [-0.39, 0.29) is 5.91 Å². The number of hydrogen-bond donors (Lipinski definition) is 2. The molecule has 1 fully saturated rings. The van der Waals surface area contributed by atoms with Gasteiger partial charge in [0.15, 0.2) is 0 Å². The second kappa shape index (κ2) is 6.45. The van der Waals surface area contributed by atoms with Crippen LogP contribution in [0.2, 0.25) is 5.02 Å². The van der Waals surface area contributed by atoms with Crippen LogP contribution in [0.15, 0.2) is 18.2 Å². The first-order chi connectivity index (χ1) is 9.96. The molecule has 0 bridgehead atoms. The van der Waals surface area contributed by atoms with Crippen molar-refractivity contribution in [1.82, 2.24) is 5.32 Å². The lowest BCUT2D eigenvalue weighted by Crippen LogP contribution is -2.46. The molecule has 5 nitrogen and oxygen atoms in total. The van der Waals surface area contributed by atoms with Crippen LogP contribution >= 0.6 is 11.6 Å². The molecule has 1 atom stereocenters. The molecule has 1 aliphatic rings. The zero-order chi connectivity index (χ0) is 15.5. The first kappa shape index (κ1) is 15.8. The number of carbonyl (C=O) groups excluding carboxylic acids is 2. The molecule has 6 heteroatoms. The number of methoxy groups -OCH3 is 1. The smallest absolute Gasteiger partial charge is 0.337 e. The number of halogens is 1. The number of nitrogens with one attached hydrogen (secondary N) is 2. The van der Waals surface area contributed by atoms with Crippen LogP contribution in [0, 0.1) is 5.41 Å². The number of benzene rings is 1. The molecule has 1 saturated heterocycles. The standard InChI is InChI=1S/C15H19ClN2O3/c1-15(6-3-7-17-9-15)14(20)18-12-8-10(13(19)21-2)4-5-11(12)16/h4-5,8,17H,3,6-7,9H2,1-2H3,(H,18,20). The third-order valence-electron chi connectivity index (χ3n) is 3.78. The molecular formula is C15H19ClN2O3. The van der Waals surface area contributed by atoms with Gasteiger partial charge in [0.05, 0.1) is 28.8 Å². The summed E-state index contributed by atoms with van der Waals surface area (Å²) in [5.41, 5.74) is 0.309. The van der Waals surface area contributed by atoms with Gasteiger partial charge in [0.1, 0.15) is 0 Å². The number of anilines is 1. The van der Waals surface area contributed by atoms with Crippen LogP contribution in [-0.4, -0.2) is 32.1 Å². The molecular weight excluding hydrogens is 292 g/mol. The minimum Gasteiger partial charge on any atom is -0.465 e. The van der Waals surface area contributed by atoms with Crippen LogP contribution in [-0.2, 0) is 9.53 Å². The van der Waals surface area contributed by atoms with E-state index in [0.29, 0.717) is 22.8 Å². The largest absolute Gasteiger partial charge is 0.465 e. The third kappa shape index (κ3) is 3.54. The van der Waals surface area contributed by atoms with E-state index in [0.717, 1.165) is 19.4 Å². The highest BCUT2D eigenvalue weighted by atomic mass is 35.5. The monoisotopic (exact) mass is 310 g/mol. The Bertz CT molecular complexity index is 554. The van der Waals surface area contributed by atoms with E-state index in [2.05, 4.69) is 15.4 Å². The highest BCUT2D eigenvalue weighted by Gasteiger charge is 2.34. The van der Waals surface area contributed by atoms with E-state index in [1.54, 1.807) is 12.1 Å². The van der Waals surface area contributed by atoms with Gasteiger partial charge in [0.2, 0.25) is 5.91 Å². The van der Waals surface area contributed by atoms with Crippen molar-refractivity contribution in [3.63, 3.8) is 0 Å². The highest BCUT2D eigenvalue weighted by Crippen LogP contribution is 2.30. The second-order valence-electron chi connectivity index (χ2n) is 5.48. The summed E-state index contributed by atoms with van der Waals surface area (Å²) in [6.07, 6.45) is 1.78. The minimum absolute atomic E-state index is 0.0985. The van der Waals surface area contributed by atoms with E-state index in [1.165, 1.54) is 13.2 Å². The Balaban J connectivity index is 2.18. The van der Waals surface area contributed by atoms with Gasteiger partial charge in [0, 0.05) is 6.54 Å². The fraction of sp³-hybridized carbons (Fsp3) is 0.467. The molecule has 0 aromatic heterocycles. The van der Waals surface area contributed by atoms with E-state index in [1.807, 2.05) is 6.92 Å². The van der Waals surface area contributed by atoms with Gasteiger partial charge in [-0.3, -0.25) is 4.79 Å². The maximum Gasteiger partial charge on any atom is 0.337 e. The van der Waals surface area contributed by atoms with Gasteiger partial charge in [-0.2, -0.15) is 0 Å². The third-order valence-corrected chi connectivity index (χ3v) is 4.11. The number of piperidine rings is 1. The molecule has 0 spiro atoms. The van der Waals surface area contributed by atoms with Crippen LogP contribution in [0.1, 0.15) is 30.1 Å². The summed E-state index contributed by atoms with van der Waals surface area (Å²) >= 11 is 6.09. The van der Waals surface area contributed by atoms with Gasteiger partial charge in [-0.1, -0.05) is 11.6 Å². The van der Waals surface area contributed by atoms with E-state index < -0.39 is 11.4 Å². The maximum atomic E-state index is 12.5. The van der Waals surface area contributed by atoms with Crippen molar-refractivity contribution in [1.29, 1.82) is 0 Å². The molecule has 1 aromatic carbocycles. The summed E-state index contributed by atoms with van der Waals surface area (Å²) in [6, 6.07) is 4.67. The molecule has 1 aliphatic heterocycles. The molecule has 1 unspecified atom stereocenters. The summed E-state index contributed by atoms with van der Waals surface area (Å²) in [7, 11) is 1.31. The molecule has 2 rings (SSSR count). The van der Waals surface area contributed by atoms with Crippen molar-refractivity contribution in [3.05, 3.63) is 28.8 Å². The quantitative estimate of drug-likeness (QED) is 0.842. The molecule has 2 N–H and O–H groups in total. The number of amides is 1. The Labute approximate surface area is 129 Å². The highest BCUT2D eigenvalue weighted by molar-refractivity contribution is 6.34. The first-order valence-electron chi connectivity index (χ1n) is 6.86. The van der Waals surface area contributed by atoms with Gasteiger partial charge in [0.25, 0.3) is 0 Å². The molecule has 1 amide bonds. The van der Waals surface area contributed by atoms with E-state index in [9.17, 15) is 9.59 Å². The minimum atomic E-state index is -0.469. The average molecular weight is 311 g/mol. The zero-order valence-corrected chi connectivity index (χ0v) is 12.9. The van der Waals surface area contributed by atoms with Crippen LogP contribution in [0.25, 0.3) is 0 Å². The SMILES string of the molecule is COC(=O)c1ccc(Cl)c(NC(=O)C2(C)CCCNC2)c1. The fourth-order valence-electron chi connectivity index (χ4n) is 2.39. The fourth-order valence-corrected chi connectivity index (χ4v) is 2.55. The second-order valence-corrected chi connectivity index (χ2v) is 5.89. The predicted molar refractivity (Wildman–Crippen MR) is 81.6 cm³/mol. The zero-order valence-electron chi connectivity index (χ0n) is 12.2. The van der Waals surface area contributed by atoms with Crippen LogP contribution in [0.5, 0.6) is 0 Å². The topological polar surface area (TPSA) is 67.4 Å². The predicted octanol–water partition coefficient (Wildman–Crippen LogP) is 2.45. The Morgan fingerprint density at radius 3 is 2.81 bits per heavy atom. The number of hydrogen-bond acceptors (Lipinski definition) is 4. The lowest BCUT2D eigenvalue weighted by Gasteiger charge is -2.32. The first-order valence-corrected chi connectivity index (χ1v) is 7.24. The molecule has 1 aromatic rings. The van der Waals surface area contributed by atoms with E-state index in [4.69, 9.17) is 11.6 Å². The number of esters is 1. The Hall–Kier alpha value is -1.59. The number of ether oxygens (including phenoxy) is 1. The molecule has 0 saturated carbocycles. The van der Waals surface area contributed by atoms with Crippen molar-refractivity contribution in [2.45, 2.75) is 19.8 Å². The van der Waals surface area contributed by atoms with Gasteiger partial charge < -0.3 is 15.4 Å². The molecule has 1 heterocycles. The van der Waals surface area contributed by atoms with Crippen LogP contribution in [0.4, 0.5) is 5.69 Å². The van der Waals surface area contributed by atoms with Gasteiger partial charge in [-0.15, -0.1) is 0 Å². The Morgan fingerprint density at radius 2 is 2.19 bits per heavy atom. The summed E-state index contributed by atoms with van der Waals surface area (Å²) in [4.78, 5) is 24.0. The number of carbonyl (C=O) groups is 2. The summed E-state index contributed by atoms with van der Waals surface area (Å²) in [5, 5.41) is 6.44. The molecule has 0 aliphatic carbocycles. The Kier molecular flexibility index (Phi) is 4.85. The lowest BCUT2D eigenvalue weighted by atomic mass is 9.82. The molecule has 0 radical (unpaired) electrons. The van der Waals surface area contributed by atoms with Gasteiger partial charge in [-0.05, 0) is 44.5 Å². The van der Waals surface area contributed by atoms with Crippen LogP contribution < -0.4 is 10.6 Å². The lowest BCUT2D eigenvalue weighted by molar-refractivity contribution is -0.125. The molecule has 114 valence electrons. The number of rotatable bonds is 3. The van der Waals surface area contributed by atoms with E-state index >= 15 is 0 Å². The Morgan fingerprint density at radius 1 is 1.43 bits per heavy atom. The molecule has 21 heavy (non-hydrogen) atoms. The van der Waals surface area contributed by atoms with Crippen molar-refractivity contribution in [3.8, 4) is 0 Å². The summed E-state index contributed by atoms with van der Waals surface area (Å²) < 4.78 is 4.67. The summed E-state index contributed by atoms with van der Waals surface area (Å²) in [5.74, 6) is -0.564. The maximum absolute atomic E-state index is 12.5. The van der Waals surface area contributed by atoms with Crippen LogP contribution in [0.3, 0.4) is 0 Å². The summed E-state index contributed by atoms with van der Waals surface area (Å²) in [6.45, 7) is 3.49. The van der Waals surface area contributed by atoms with Crippen molar-refractivity contribution in [2.24, 2.45) is 5.41 Å². The van der Waals surface area contributed by atoms with Gasteiger partial charge in [-0.25, -0.2) is 4.79 Å². The van der Waals surface area contributed by atoms with Crippen molar-refractivity contribution >= 4 is 29.2 Å².